The molecule has 1 aliphatic heterocycles. The normalized spacial score (nSPS) is 28.8. The average molecular weight is 266 g/mol. The maximum Gasteiger partial charge on any atom is 0.246 e. The van der Waals surface area contributed by atoms with Gasteiger partial charge in [-0.3, -0.25) is 9.59 Å². The molecule has 2 fully saturated rings. The zero-order valence-corrected chi connectivity index (χ0v) is 12.7. The molecule has 4 nitrogen and oxygen atoms in total. The third-order valence-corrected chi connectivity index (χ3v) is 4.67. The number of amides is 2. The van der Waals surface area contributed by atoms with Crippen LogP contribution in [0.2, 0.25) is 0 Å². The van der Waals surface area contributed by atoms with E-state index in [-0.39, 0.29) is 35.4 Å². The maximum absolute atomic E-state index is 12.8. The van der Waals surface area contributed by atoms with Gasteiger partial charge in [-0.1, -0.05) is 20.8 Å². The van der Waals surface area contributed by atoms with Crippen LogP contribution < -0.4 is 5.32 Å². The summed E-state index contributed by atoms with van der Waals surface area (Å²) in [6.45, 7) is 10.2. The molecule has 0 aromatic heterocycles. The lowest BCUT2D eigenvalue weighted by Gasteiger charge is -2.48. The Kier molecular flexibility index (Phi) is 3.63. The van der Waals surface area contributed by atoms with Crippen molar-refractivity contribution in [1.29, 1.82) is 0 Å². The van der Waals surface area contributed by atoms with E-state index in [0.717, 1.165) is 0 Å². The highest BCUT2D eigenvalue weighted by molar-refractivity contribution is 5.97. The molecule has 4 heteroatoms. The van der Waals surface area contributed by atoms with Crippen LogP contribution in [0.3, 0.4) is 0 Å². The number of carbonyl (C=O) groups is 2. The summed E-state index contributed by atoms with van der Waals surface area (Å²) in [5.74, 6) is 0.781. The van der Waals surface area contributed by atoms with Crippen molar-refractivity contribution in [3.8, 4) is 0 Å². The Balaban J connectivity index is 2.33. The third-order valence-electron chi connectivity index (χ3n) is 4.67. The summed E-state index contributed by atoms with van der Waals surface area (Å²) < 4.78 is 0. The van der Waals surface area contributed by atoms with Gasteiger partial charge in [-0.15, -0.1) is 0 Å². The first kappa shape index (κ1) is 14.4. The predicted octanol–water partition coefficient (Wildman–Crippen LogP) is 1.94. The van der Waals surface area contributed by atoms with Crippen LogP contribution in [-0.4, -0.2) is 34.3 Å². The Bertz CT molecular complexity index is 386. The van der Waals surface area contributed by atoms with E-state index in [9.17, 15) is 9.59 Å². The minimum absolute atomic E-state index is 0.00882. The first-order chi connectivity index (χ1) is 8.80. The van der Waals surface area contributed by atoms with Crippen LogP contribution in [0.15, 0.2) is 0 Å². The zero-order valence-electron chi connectivity index (χ0n) is 12.7. The van der Waals surface area contributed by atoms with Gasteiger partial charge in [0.25, 0.3) is 0 Å². The zero-order chi connectivity index (χ0) is 14.4. The molecule has 0 aromatic carbocycles. The van der Waals surface area contributed by atoms with Crippen LogP contribution in [0.4, 0.5) is 0 Å². The molecule has 0 aromatic rings. The average Bonchev–Trinajstić information content (AvgIpc) is 3.14. The monoisotopic (exact) mass is 266 g/mol. The molecule has 2 amide bonds. The van der Waals surface area contributed by atoms with Gasteiger partial charge in [0.05, 0.1) is 0 Å². The third kappa shape index (κ3) is 2.37. The smallest absolute Gasteiger partial charge is 0.246 e. The second kappa shape index (κ2) is 4.80. The first-order valence-corrected chi connectivity index (χ1v) is 7.44. The van der Waals surface area contributed by atoms with Gasteiger partial charge in [0.15, 0.2) is 0 Å². The molecule has 2 aliphatic rings. The molecule has 2 rings (SSSR count). The molecule has 1 aliphatic carbocycles. The highest BCUT2D eigenvalue weighted by atomic mass is 16.2. The summed E-state index contributed by atoms with van der Waals surface area (Å²) in [4.78, 5) is 26.9. The molecular weight excluding hydrogens is 240 g/mol. The Morgan fingerprint density at radius 3 is 2.32 bits per heavy atom. The summed E-state index contributed by atoms with van der Waals surface area (Å²) in [6, 6.07) is -0.675. The summed E-state index contributed by atoms with van der Waals surface area (Å²) in [7, 11) is 0. The molecule has 1 heterocycles. The van der Waals surface area contributed by atoms with Gasteiger partial charge in [0, 0.05) is 5.54 Å². The Morgan fingerprint density at radius 2 is 1.89 bits per heavy atom. The first-order valence-electron chi connectivity index (χ1n) is 7.44. The van der Waals surface area contributed by atoms with E-state index in [0.29, 0.717) is 12.3 Å². The largest absolute Gasteiger partial charge is 0.342 e. The molecule has 0 radical (unpaired) electrons. The number of nitrogens with zero attached hydrogens (tertiary/aromatic N) is 1. The Labute approximate surface area is 115 Å². The van der Waals surface area contributed by atoms with Gasteiger partial charge in [-0.2, -0.15) is 0 Å². The van der Waals surface area contributed by atoms with E-state index in [1.54, 1.807) is 0 Å². The fraction of sp³-hybridized carbons (Fsp3) is 0.867. The van der Waals surface area contributed by atoms with Gasteiger partial charge < -0.3 is 10.2 Å². The van der Waals surface area contributed by atoms with Gasteiger partial charge in [0.1, 0.15) is 12.1 Å². The molecule has 1 saturated heterocycles. The van der Waals surface area contributed by atoms with Crippen molar-refractivity contribution in [2.75, 3.05) is 0 Å². The second-order valence-corrected chi connectivity index (χ2v) is 6.79. The quantitative estimate of drug-likeness (QED) is 0.845. The minimum atomic E-state index is -0.367. The number of nitrogens with one attached hydrogen (secondary N) is 1. The van der Waals surface area contributed by atoms with E-state index >= 15 is 0 Å². The lowest BCUT2D eigenvalue weighted by molar-refractivity contribution is -0.158. The highest BCUT2D eigenvalue weighted by Crippen LogP contribution is 2.44. The van der Waals surface area contributed by atoms with Crippen molar-refractivity contribution in [3.63, 3.8) is 0 Å². The number of carbonyl (C=O) groups excluding carboxylic acids is 2. The summed E-state index contributed by atoms with van der Waals surface area (Å²) in [6.07, 6.45) is 3.01. The van der Waals surface area contributed by atoms with E-state index in [2.05, 4.69) is 19.2 Å². The van der Waals surface area contributed by atoms with Crippen molar-refractivity contribution in [2.45, 2.75) is 71.5 Å². The molecule has 2 unspecified atom stereocenters. The Hall–Kier alpha value is -1.06. The van der Waals surface area contributed by atoms with Crippen molar-refractivity contribution < 1.29 is 9.59 Å². The summed E-state index contributed by atoms with van der Waals surface area (Å²) >= 11 is 0. The van der Waals surface area contributed by atoms with Crippen LogP contribution in [0.5, 0.6) is 0 Å². The molecule has 108 valence electrons. The van der Waals surface area contributed by atoms with Gasteiger partial charge in [0.2, 0.25) is 11.8 Å². The second-order valence-electron chi connectivity index (χ2n) is 6.79. The highest BCUT2D eigenvalue weighted by Gasteiger charge is 2.52. The van der Waals surface area contributed by atoms with E-state index < -0.39 is 0 Å². The molecule has 0 spiro atoms. The lowest BCUT2D eigenvalue weighted by atomic mass is 9.88. The molecular formula is C15H26N2O2. The van der Waals surface area contributed by atoms with E-state index in [1.165, 1.54) is 12.8 Å². The standard InChI is InChI=1S/C15H26N2O2/c1-6-11-13(18)16-12(9(2)3)14(19)17(11)15(4,5)10-7-8-10/h9-12H,6-8H2,1-5H3,(H,16,18). The summed E-state index contributed by atoms with van der Waals surface area (Å²) in [5.41, 5.74) is -0.206. The maximum atomic E-state index is 12.8. The van der Waals surface area contributed by atoms with Crippen LogP contribution in [0.25, 0.3) is 0 Å². The molecule has 1 saturated carbocycles. The molecule has 0 bridgehead atoms. The van der Waals surface area contributed by atoms with Gasteiger partial charge in [-0.25, -0.2) is 0 Å². The topological polar surface area (TPSA) is 49.4 Å². The van der Waals surface area contributed by atoms with Crippen LogP contribution >= 0.6 is 0 Å². The van der Waals surface area contributed by atoms with Crippen LogP contribution in [0, 0.1) is 11.8 Å². The van der Waals surface area contributed by atoms with E-state index in [4.69, 9.17) is 0 Å². The number of hydrogen-bond acceptors (Lipinski definition) is 2. The van der Waals surface area contributed by atoms with Crippen molar-refractivity contribution in [2.24, 2.45) is 11.8 Å². The number of hydrogen-bond donors (Lipinski definition) is 1. The van der Waals surface area contributed by atoms with Gasteiger partial charge >= 0.3 is 0 Å². The molecule has 2 atom stereocenters. The van der Waals surface area contributed by atoms with Gasteiger partial charge in [-0.05, 0) is 44.9 Å². The fourth-order valence-corrected chi connectivity index (χ4v) is 3.22. The van der Waals surface area contributed by atoms with Crippen molar-refractivity contribution in [1.82, 2.24) is 10.2 Å². The summed E-state index contributed by atoms with van der Waals surface area (Å²) in [5, 5.41) is 2.90. The SMILES string of the molecule is CCC1C(=O)NC(C(C)C)C(=O)N1C(C)(C)C1CC1. The van der Waals surface area contributed by atoms with Crippen LogP contribution in [-0.2, 0) is 9.59 Å². The molecule has 1 N–H and O–H groups in total. The fourth-order valence-electron chi connectivity index (χ4n) is 3.22. The number of piperazine rings is 1. The predicted molar refractivity (Wildman–Crippen MR) is 74.5 cm³/mol. The van der Waals surface area contributed by atoms with Crippen LogP contribution in [0.1, 0.15) is 53.9 Å². The lowest BCUT2D eigenvalue weighted by Crippen LogP contribution is -2.69. The minimum Gasteiger partial charge on any atom is -0.342 e. The van der Waals surface area contributed by atoms with Crippen molar-refractivity contribution in [3.05, 3.63) is 0 Å². The van der Waals surface area contributed by atoms with E-state index in [1.807, 2.05) is 25.7 Å². The Morgan fingerprint density at radius 1 is 1.32 bits per heavy atom. The number of rotatable bonds is 4. The van der Waals surface area contributed by atoms with Crippen molar-refractivity contribution >= 4 is 11.8 Å². The molecule has 19 heavy (non-hydrogen) atoms.